The van der Waals surface area contributed by atoms with Crippen LogP contribution in [0, 0.1) is 0 Å². The van der Waals surface area contributed by atoms with Gasteiger partial charge in [-0.3, -0.25) is 9.88 Å². The van der Waals surface area contributed by atoms with E-state index in [1.165, 1.54) is 0 Å². The van der Waals surface area contributed by atoms with Crippen molar-refractivity contribution in [2.24, 2.45) is 0 Å². The average molecular weight is 298 g/mol. The van der Waals surface area contributed by atoms with Gasteiger partial charge in [-0.05, 0) is 31.2 Å². The van der Waals surface area contributed by atoms with Crippen LogP contribution in [-0.4, -0.2) is 41.7 Å². The van der Waals surface area contributed by atoms with Gasteiger partial charge < -0.3 is 9.47 Å². The predicted octanol–water partition coefficient (Wildman–Crippen LogP) is 3.00. The van der Waals surface area contributed by atoms with E-state index in [-0.39, 0.29) is 5.60 Å². The molecule has 0 aliphatic carbocycles. The van der Waals surface area contributed by atoms with Gasteiger partial charge >= 0.3 is 0 Å². The molecule has 1 saturated heterocycles. The monoisotopic (exact) mass is 298 g/mol. The van der Waals surface area contributed by atoms with E-state index in [9.17, 15) is 0 Å². The zero-order valence-electron chi connectivity index (χ0n) is 12.9. The molecule has 4 heteroatoms. The number of aromatic nitrogens is 1. The van der Waals surface area contributed by atoms with Crippen LogP contribution in [0.2, 0.25) is 0 Å². The summed E-state index contributed by atoms with van der Waals surface area (Å²) >= 11 is 0. The molecule has 1 fully saturated rings. The number of hydrogen-bond acceptors (Lipinski definition) is 4. The molecule has 1 aliphatic rings. The third-order valence-electron chi connectivity index (χ3n) is 3.93. The summed E-state index contributed by atoms with van der Waals surface area (Å²) in [5.74, 6) is 1.77. The second-order valence-electron chi connectivity index (χ2n) is 5.93. The van der Waals surface area contributed by atoms with Crippen molar-refractivity contribution in [3.05, 3.63) is 54.9 Å². The predicted molar refractivity (Wildman–Crippen MR) is 86.3 cm³/mol. The van der Waals surface area contributed by atoms with Crippen molar-refractivity contribution in [3.8, 4) is 11.5 Å². The number of pyridine rings is 1. The first-order chi connectivity index (χ1) is 10.7. The van der Waals surface area contributed by atoms with Gasteiger partial charge in [-0.1, -0.05) is 18.2 Å². The highest BCUT2D eigenvalue weighted by atomic mass is 16.5. The fourth-order valence-electron chi connectivity index (χ4n) is 2.80. The van der Waals surface area contributed by atoms with Crippen LogP contribution < -0.4 is 9.47 Å². The van der Waals surface area contributed by atoms with Crippen LogP contribution in [0.15, 0.2) is 54.9 Å². The second kappa shape index (κ2) is 6.79. The van der Waals surface area contributed by atoms with Crippen LogP contribution in [0.1, 0.15) is 13.3 Å². The number of nitrogens with zero attached hydrogens (tertiary/aromatic N) is 2. The van der Waals surface area contributed by atoms with Crippen molar-refractivity contribution in [2.45, 2.75) is 18.9 Å². The Hall–Kier alpha value is -2.07. The molecule has 116 valence electrons. The zero-order valence-corrected chi connectivity index (χ0v) is 12.9. The summed E-state index contributed by atoms with van der Waals surface area (Å²) in [5, 5.41) is 0. The van der Waals surface area contributed by atoms with Gasteiger partial charge in [-0.2, -0.15) is 0 Å². The van der Waals surface area contributed by atoms with Crippen molar-refractivity contribution in [1.82, 2.24) is 9.88 Å². The summed E-state index contributed by atoms with van der Waals surface area (Å²) in [7, 11) is 0. The number of rotatable bonds is 6. The van der Waals surface area contributed by atoms with Crippen LogP contribution in [0.25, 0.3) is 0 Å². The highest BCUT2D eigenvalue weighted by Crippen LogP contribution is 2.26. The van der Waals surface area contributed by atoms with Crippen LogP contribution in [-0.2, 0) is 0 Å². The molecular formula is C18H22N2O2. The summed E-state index contributed by atoms with van der Waals surface area (Å²) in [4.78, 5) is 6.49. The molecule has 22 heavy (non-hydrogen) atoms. The normalized spacial score (nSPS) is 21.7. The lowest BCUT2D eigenvalue weighted by atomic mass is 10.1. The van der Waals surface area contributed by atoms with Gasteiger partial charge in [0.1, 0.15) is 23.7 Å². The minimum absolute atomic E-state index is 0.143. The summed E-state index contributed by atoms with van der Waals surface area (Å²) < 4.78 is 11.9. The van der Waals surface area contributed by atoms with Crippen LogP contribution >= 0.6 is 0 Å². The molecule has 2 aromatic rings. The van der Waals surface area contributed by atoms with E-state index in [0.717, 1.165) is 37.6 Å². The third-order valence-corrected chi connectivity index (χ3v) is 3.93. The Balaban J connectivity index is 1.45. The van der Waals surface area contributed by atoms with Crippen molar-refractivity contribution in [1.29, 1.82) is 0 Å². The maximum absolute atomic E-state index is 6.11. The minimum atomic E-state index is -0.143. The van der Waals surface area contributed by atoms with E-state index < -0.39 is 0 Å². The molecular weight excluding hydrogens is 276 g/mol. The van der Waals surface area contributed by atoms with E-state index in [4.69, 9.17) is 9.47 Å². The maximum Gasteiger partial charge on any atom is 0.138 e. The Labute approximate surface area is 131 Å². The molecule has 1 unspecified atom stereocenters. The summed E-state index contributed by atoms with van der Waals surface area (Å²) in [6, 6.07) is 13.8. The largest absolute Gasteiger partial charge is 0.492 e. The lowest BCUT2D eigenvalue weighted by molar-refractivity contribution is 0.0930. The Morgan fingerprint density at radius 3 is 2.73 bits per heavy atom. The molecule has 0 radical (unpaired) electrons. The number of benzene rings is 1. The van der Waals surface area contributed by atoms with Gasteiger partial charge in [-0.25, -0.2) is 0 Å². The molecule has 3 rings (SSSR count). The highest BCUT2D eigenvalue weighted by molar-refractivity contribution is 5.21. The number of likely N-dealkylation sites (tertiary alicyclic amines) is 1. The first-order valence-corrected chi connectivity index (χ1v) is 7.73. The standard InChI is InChI=1S/C18H22N2O2/c1-18(22-17-8-5-10-19-14-17)9-11-20(15-18)12-13-21-16-6-3-2-4-7-16/h2-8,10,14H,9,11-13,15H2,1H3. The van der Waals surface area contributed by atoms with Crippen molar-refractivity contribution in [3.63, 3.8) is 0 Å². The Morgan fingerprint density at radius 1 is 1.14 bits per heavy atom. The van der Waals surface area contributed by atoms with Crippen molar-refractivity contribution in [2.75, 3.05) is 26.2 Å². The van der Waals surface area contributed by atoms with Gasteiger partial charge in [0, 0.05) is 32.3 Å². The Kier molecular flexibility index (Phi) is 4.59. The highest BCUT2D eigenvalue weighted by Gasteiger charge is 2.35. The quantitative estimate of drug-likeness (QED) is 0.821. The van der Waals surface area contributed by atoms with Crippen LogP contribution in [0.5, 0.6) is 11.5 Å². The average Bonchev–Trinajstić information content (AvgIpc) is 2.90. The minimum Gasteiger partial charge on any atom is -0.492 e. The lowest BCUT2D eigenvalue weighted by Gasteiger charge is -2.26. The van der Waals surface area contributed by atoms with Crippen LogP contribution in [0.4, 0.5) is 0 Å². The smallest absolute Gasteiger partial charge is 0.138 e. The molecule has 2 heterocycles. The molecule has 0 saturated carbocycles. The Bertz CT molecular complexity index is 576. The first kappa shape index (κ1) is 14.9. The molecule has 1 aromatic heterocycles. The molecule has 1 atom stereocenters. The summed E-state index contributed by atoms with van der Waals surface area (Å²) in [6.45, 7) is 5.74. The fourth-order valence-corrected chi connectivity index (χ4v) is 2.80. The summed E-state index contributed by atoms with van der Waals surface area (Å²) in [6.07, 6.45) is 4.55. The maximum atomic E-state index is 6.11. The number of para-hydroxylation sites is 1. The second-order valence-corrected chi connectivity index (χ2v) is 5.93. The van der Waals surface area contributed by atoms with Gasteiger partial charge in [0.05, 0.1) is 6.20 Å². The Morgan fingerprint density at radius 2 is 1.95 bits per heavy atom. The summed E-state index contributed by atoms with van der Waals surface area (Å²) in [5.41, 5.74) is -0.143. The van der Waals surface area contributed by atoms with Gasteiger partial charge in [0.25, 0.3) is 0 Å². The van der Waals surface area contributed by atoms with Gasteiger partial charge in [-0.15, -0.1) is 0 Å². The van der Waals surface area contributed by atoms with E-state index in [0.29, 0.717) is 6.61 Å². The fraction of sp³-hybridized carbons (Fsp3) is 0.389. The van der Waals surface area contributed by atoms with Crippen molar-refractivity contribution < 1.29 is 9.47 Å². The zero-order chi connectivity index (χ0) is 15.3. The molecule has 0 N–H and O–H groups in total. The number of hydrogen-bond donors (Lipinski definition) is 0. The first-order valence-electron chi connectivity index (χ1n) is 7.73. The van der Waals surface area contributed by atoms with E-state index >= 15 is 0 Å². The lowest BCUT2D eigenvalue weighted by Crippen LogP contribution is -2.37. The van der Waals surface area contributed by atoms with E-state index in [2.05, 4.69) is 16.8 Å². The van der Waals surface area contributed by atoms with E-state index in [1.807, 2.05) is 42.5 Å². The molecule has 4 nitrogen and oxygen atoms in total. The third kappa shape index (κ3) is 3.98. The van der Waals surface area contributed by atoms with Crippen molar-refractivity contribution >= 4 is 0 Å². The van der Waals surface area contributed by atoms with Gasteiger partial charge in [0.2, 0.25) is 0 Å². The molecule has 0 bridgehead atoms. The molecule has 1 aromatic carbocycles. The van der Waals surface area contributed by atoms with E-state index in [1.54, 1.807) is 12.4 Å². The van der Waals surface area contributed by atoms with Gasteiger partial charge in [0.15, 0.2) is 0 Å². The SMILES string of the molecule is CC1(Oc2cccnc2)CCN(CCOc2ccccc2)C1. The molecule has 1 aliphatic heterocycles. The van der Waals surface area contributed by atoms with Crippen LogP contribution in [0.3, 0.4) is 0 Å². The topological polar surface area (TPSA) is 34.6 Å². The molecule has 0 spiro atoms. The number of ether oxygens (including phenoxy) is 2. The molecule has 0 amide bonds.